The van der Waals surface area contributed by atoms with Crippen molar-refractivity contribution >= 4 is 46.0 Å². The van der Waals surface area contributed by atoms with Crippen LogP contribution in [-0.4, -0.2) is 115 Å². The fraction of sp³-hybridized carbons (Fsp3) is 0.465. The number of hydrogen-bond donors (Lipinski definition) is 1. The number of carbonyl (C=O) groups excluding carboxylic acids is 2. The van der Waals surface area contributed by atoms with Gasteiger partial charge in [0.25, 0.3) is 0 Å². The molecule has 2 aromatic heterocycles. The Morgan fingerprint density at radius 2 is 1.65 bits per heavy atom. The summed E-state index contributed by atoms with van der Waals surface area (Å²) in [6.45, 7) is 16.7. The van der Waals surface area contributed by atoms with E-state index in [1.807, 2.05) is 68.3 Å². The van der Waals surface area contributed by atoms with Gasteiger partial charge in [-0.2, -0.15) is 0 Å². The molecule has 0 spiro atoms. The number of anilines is 1. The number of aromatic nitrogens is 2. The number of nitrogens with one attached hydrogen (secondary N) is 1. The molecule has 0 unspecified atom stereocenters. The topological polar surface area (TPSA) is 103 Å². The number of halogens is 1. The van der Waals surface area contributed by atoms with E-state index >= 15 is 0 Å². The monoisotopic (exact) mass is 768 g/mol. The number of ether oxygens (including phenoxy) is 3. The molecule has 1 amide bonds. The molecule has 1 N–H and O–H groups in total. The van der Waals surface area contributed by atoms with Gasteiger partial charge >= 0.3 is 12.1 Å². The first-order chi connectivity index (χ1) is 26.3. The number of carbonyl (C=O) groups is 2. The van der Waals surface area contributed by atoms with E-state index in [1.165, 1.54) is 23.8 Å². The van der Waals surface area contributed by atoms with Crippen LogP contribution in [0.1, 0.15) is 62.9 Å². The Balaban J connectivity index is 1.02. The number of aromatic amines is 1. The summed E-state index contributed by atoms with van der Waals surface area (Å²) in [6, 6.07) is 17.9. The molecule has 4 aromatic rings. The van der Waals surface area contributed by atoms with E-state index in [9.17, 15) is 9.59 Å². The first-order valence-corrected chi connectivity index (χ1v) is 19.7. The Bertz CT molecular complexity index is 2020. The predicted octanol–water partition coefficient (Wildman–Crippen LogP) is 8.11. The Labute approximate surface area is 329 Å². The second-order valence-electron chi connectivity index (χ2n) is 16.4. The average Bonchev–Trinajstić information content (AvgIpc) is 3.63. The van der Waals surface area contributed by atoms with E-state index in [4.69, 9.17) is 25.8 Å². The van der Waals surface area contributed by atoms with E-state index < -0.39 is 11.6 Å². The fourth-order valence-electron chi connectivity index (χ4n) is 8.16. The normalized spacial score (nSPS) is 20.2. The lowest BCUT2D eigenvalue weighted by Gasteiger charge is -2.44. The van der Waals surface area contributed by atoms with Crippen molar-refractivity contribution in [3.05, 3.63) is 88.7 Å². The molecule has 2 saturated heterocycles. The van der Waals surface area contributed by atoms with Crippen LogP contribution in [0.2, 0.25) is 5.02 Å². The number of fused-ring (bicyclic) bond motifs is 1. The molecular weight excluding hydrogens is 716 g/mol. The fourth-order valence-corrected chi connectivity index (χ4v) is 8.29. The molecule has 4 heterocycles. The molecule has 0 bridgehead atoms. The summed E-state index contributed by atoms with van der Waals surface area (Å²) >= 11 is 6.32. The number of rotatable bonds is 9. The molecule has 2 fully saturated rings. The maximum atomic E-state index is 12.7. The minimum absolute atomic E-state index is 0.125. The van der Waals surface area contributed by atoms with Crippen molar-refractivity contribution in [1.82, 2.24) is 24.7 Å². The van der Waals surface area contributed by atoms with Gasteiger partial charge in [0.1, 0.15) is 28.3 Å². The van der Waals surface area contributed by atoms with Crippen molar-refractivity contribution in [2.45, 2.75) is 52.6 Å². The summed E-state index contributed by atoms with van der Waals surface area (Å²) < 4.78 is 17.0. The lowest BCUT2D eigenvalue weighted by atomic mass is 9.71. The predicted molar refractivity (Wildman–Crippen MR) is 217 cm³/mol. The number of nitrogens with zero attached hydrogens (tertiary/aromatic N) is 5. The van der Waals surface area contributed by atoms with Crippen LogP contribution in [0.5, 0.6) is 11.5 Å². The van der Waals surface area contributed by atoms with Gasteiger partial charge in [0, 0.05) is 93.8 Å². The third-order valence-electron chi connectivity index (χ3n) is 11.0. The molecular formula is C43H53ClN6O5. The highest BCUT2D eigenvalue weighted by atomic mass is 35.5. The van der Waals surface area contributed by atoms with Crippen LogP contribution in [0.25, 0.3) is 16.6 Å². The van der Waals surface area contributed by atoms with Crippen LogP contribution in [0.4, 0.5) is 10.5 Å². The number of esters is 1. The number of piperazine rings is 2. The quantitative estimate of drug-likeness (QED) is 0.169. The average molecular weight is 769 g/mol. The maximum absolute atomic E-state index is 12.7. The van der Waals surface area contributed by atoms with Gasteiger partial charge in [-0.25, -0.2) is 14.6 Å². The molecule has 3 aliphatic rings. The van der Waals surface area contributed by atoms with Gasteiger partial charge in [0.05, 0.1) is 13.3 Å². The van der Waals surface area contributed by atoms with Crippen molar-refractivity contribution in [3.63, 3.8) is 0 Å². The highest BCUT2D eigenvalue weighted by Gasteiger charge is 2.36. The molecule has 11 nitrogen and oxygen atoms in total. The molecule has 55 heavy (non-hydrogen) atoms. The van der Waals surface area contributed by atoms with Crippen LogP contribution in [-0.2, 0) is 9.47 Å². The smallest absolute Gasteiger partial charge is 0.410 e. The molecule has 7 rings (SSSR count). The van der Waals surface area contributed by atoms with Crippen LogP contribution < -0.4 is 9.64 Å². The third-order valence-corrected chi connectivity index (χ3v) is 11.2. The standard InChI is InChI=1S/C43H53ClN6O5/c1-42(2,3)55-41(52)50-22-18-48(19-23-50)29-43(4)14-12-36(30-6-8-33(44)9-7-30)32(26-43)28-47-16-20-49(21-17-47)34-10-11-37(40(51)53-5)38(25-34)54-35-24-31-13-15-45-39(31)46-27-35/h6-11,13,15,24-25,27H,12,14,16-23,26,28-29H2,1-5H3,(H,45,46)/t43-/m1/s1. The minimum atomic E-state index is -0.492. The zero-order chi connectivity index (χ0) is 38.7. The number of allylic oxidation sites excluding steroid dienone is 1. The first kappa shape index (κ1) is 38.7. The van der Waals surface area contributed by atoms with Crippen molar-refractivity contribution < 1.29 is 23.8 Å². The first-order valence-electron chi connectivity index (χ1n) is 19.3. The van der Waals surface area contributed by atoms with Gasteiger partial charge in [0.2, 0.25) is 0 Å². The van der Waals surface area contributed by atoms with Gasteiger partial charge < -0.3 is 29.0 Å². The summed E-state index contributed by atoms with van der Waals surface area (Å²) in [5.41, 5.74) is 5.98. The molecule has 1 aliphatic carbocycles. The second-order valence-corrected chi connectivity index (χ2v) is 16.9. The minimum Gasteiger partial charge on any atom is -0.465 e. The number of H-pyrrole nitrogens is 1. The highest BCUT2D eigenvalue weighted by Crippen LogP contribution is 2.44. The van der Waals surface area contributed by atoms with Gasteiger partial charge in [-0.05, 0) is 93.0 Å². The molecule has 2 aromatic carbocycles. The Morgan fingerprint density at radius 1 is 0.927 bits per heavy atom. The van der Waals surface area contributed by atoms with Crippen molar-refractivity contribution in [2.24, 2.45) is 5.41 Å². The molecule has 2 aliphatic heterocycles. The zero-order valence-corrected chi connectivity index (χ0v) is 33.5. The Hall–Kier alpha value is -4.58. The summed E-state index contributed by atoms with van der Waals surface area (Å²) in [6.07, 6.45) is 6.42. The van der Waals surface area contributed by atoms with Gasteiger partial charge in [0.15, 0.2) is 0 Å². The van der Waals surface area contributed by atoms with Gasteiger partial charge in [-0.1, -0.05) is 36.2 Å². The largest absolute Gasteiger partial charge is 0.465 e. The molecule has 0 radical (unpaired) electrons. The summed E-state index contributed by atoms with van der Waals surface area (Å²) in [5.74, 6) is 0.537. The molecule has 1 atom stereocenters. The van der Waals surface area contributed by atoms with E-state index in [0.717, 1.165) is 93.4 Å². The summed E-state index contributed by atoms with van der Waals surface area (Å²) in [4.78, 5) is 42.3. The van der Waals surface area contributed by atoms with Crippen LogP contribution in [0, 0.1) is 5.41 Å². The summed E-state index contributed by atoms with van der Waals surface area (Å²) in [7, 11) is 1.38. The van der Waals surface area contributed by atoms with Crippen molar-refractivity contribution in [3.8, 4) is 11.5 Å². The Kier molecular flexibility index (Phi) is 11.4. The van der Waals surface area contributed by atoms with E-state index in [0.29, 0.717) is 30.2 Å². The third kappa shape index (κ3) is 9.45. The summed E-state index contributed by atoms with van der Waals surface area (Å²) in [5, 5.41) is 1.68. The Morgan fingerprint density at radius 3 is 2.36 bits per heavy atom. The van der Waals surface area contributed by atoms with E-state index in [2.05, 4.69) is 43.7 Å². The van der Waals surface area contributed by atoms with Crippen molar-refractivity contribution in [1.29, 1.82) is 0 Å². The second kappa shape index (κ2) is 16.3. The number of methoxy groups -OCH3 is 1. The highest BCUT2D eigenvalue weighted by molar-refractivity contribution is 6.30. The van der Waals surface area contributed by atoms with Gasteiger partial charge in [-0.15, -0.1) is 0 Å². The lowest BCUT2D eigenvalue weighted by Crippen LogP contribution is -2.52. The zero-order valence-electron chi connectivity index (χ0n) is 32.7. The lowest BCUT2D eigenvalue weighted by molar-refractivity contribution is 0.0104. The van der Waals surface area contributed by atoms with Crippen LogP contribution in [0.3, 0.4) is 0 Å². The molecule has 0 saturated carbocycles. The van der Waals surface area contributed by atoms with Crippen LogP contribution >= 0.6 is 11.6 Å². The molecule has 292 valence electrons. The van der Waals surface area contributed by atoms with Crippen LogP contribution in [0.15, 0.2) is 72.6 Å². The SMILES string of the molecule is COC(=O)c1ccc(N2CCN(CC3=C(c4ccc(Cl)cc4)CC[C@@](C)(CN4CCN(C(=O)OC(C)(C)C)CC4)C3)CC2)cc1Oc1cnc2[nH]ccc2c1. The van der Waals surface area contributed by atoms with Crippen molar-refractivity contribution in [2.75, 3.05) is 77.5 Å². The van der Waals surface area contributed by atoms with Gasteiger partial charge in [-0.3, -0.25) is 9.80 Å². The number of hydrogen-bond acceptors (Lipinski definition) is 9. The number of amides is 1. The molecule has 12 heteroatoms. The van der Waals surface area contributed by atoms with E-state index in [1.54, 1.807) is 12.3 Å². The number of pyridine rings is 1. The van der Waals surface area contributed by atoms with E-state index in [-0.39, 0.29) is 11.5 Å². The number of benzene rings is 2. The maximum Gasteiger partial charge on any atom is 0.410 e.